The Labute approximate surface area is 107 Å². The maximum Gasteiger partial charge on any atom is 0.115 e. The molecule has 0 saturated carbocycles. The topological polar surface area (TPSA) is 50.1 Å². The molecular formula is C14H19N3O. The number of rotatable bonds is 5. The first-order chi connectivity index (χ1) is 8.72. The van der Waals surface area contributed by atoms with Crippen LogP contribution in [0.3, 0.4) is 0 Å². The van der Waals surface area contributed by atoms with Gasteiger partial charge in [0.15, 0.2) is 0 Å². The first-order valence-corrected chi connectivity index (χ1v) is 6.17. The monoisotopic (exact) mass is 245 g/mol. The van der Waals surface area contributed by atoms with Crippen molar-refractivity contribution in [2.24, 2.45) is 7.05 Å². The Hall–Kier alpha value is -1.81. The van der Waals surface area contributed by atoms with Crippen molar-refractivity contribution >= 4 is 0 Å². The van der Waals surface area contributed by atoms with Crippen molar-refractivity contribution in [2.45, 2.75) is 12.8 Å². The summed E-state index contributed by atoms with van der Waals surface area (Å²) in [5.74, 6) is 0.291. The number of benzene rings is 1. The molecule has 0 saturated heterocycles. The van der Waals surface area contributed by atoms with Crippen LogP contribution < -0.4 is 5.32 Å². The standard InChI is InChI=1S/C14H19N3O/c1-15-9-3-4-14-13(10-16-17(14)2)11-5-7-12(18)8-6-11/h5-8,10,15,18H,3-4,9H2,1-2H3. The van der Waals surface area contributed by atoms with Crippen molar-refractivity contribution in [3.63, 3.8) is 0 Å². The molecule has 1 heterocycles. The smallest absolute Gasteiger partial charge is 0.115 e. The molecule has 1 aromatic heterocycles. The molecule has 18 heavy (non-hydrogen) atoms. The second-order valence-electron chi connectivity index (χ2n) is 4.38. The molecule has 0 amide bonds. The molecule has 1 aromatic carbocycles. The van der Waals surface area contributed by atoms with Gasteiger partial charge in [0.1, 0.15) is 5.75 Å². The summed E-state index contributed by atoms with van der Waals surface area (Å²) < 4.78 is 1.93. The molecule has 0 bridgehead atoms. The maximum atomic E-state index is 9.32. The molecule has 4 heteroatoms. The Morgan fingerprint density at radius 1 is 1.28 bits per heavy atom. The lowest BCUT2D eigenvalue weighted by atomic mass is 10.0. The minimum absolute atomic E-state index is 0.291. The van der Waals surface area contributed by atoms with Crippen molar-refractivity contribution in [3.8, 4) is 16.9 Å². The largest absolute Gasteiger partial charge is 0.508 e. The fourth-order valence-electron chi connectivity index (χ4n) is 2.07. The van der Waals surface area contributed by atoms with Crippen LogP contribution in [0, 0.1) is 0 Å². The number of aryl methyl sites for hydroxylation is 1. The molecule has 0 spiro atoms. The number of aromatic hydroxyl groups is 1. The summed E-state index contributed by atoms with van der Waals surface area (Å²) in [5.41, 5.74) is 3.48. The molecule has 0 radical (unpaired) electrons. The van der Waals surface area contributed by atoms with Crippen molar-refractivity contribution in [3.05, 3.63) is 36.2 Å². The highest BCUT2D eigenvalue weighted by Gasteiger charge is 2.10. The Balaban J connectivity index is 2.24. The van der Waals surface area contributed by atoms with Gasteiger partial charge in [-0.3, -0.25) is 4.68 Å². The first-order valence-electron chi connectivity index (χ1n) is 6.17. The van der Waals surface area contributed by atoms with Gasteiger partial charge in [-0.15, -0.1) is 0 Å². The van der Waals surface area contributed by atoms with Gasteiger partial charge in [0.05, 0.1) is 6.20 Å². The van der Waals surface area contributed by atoms with Gasteiger partial charge < -0.3 is 10.4 Å². The van der Waals surface area contributed by atoms with Gasteiger partial charge in [-0.25, -0.2) is 0 Å². The third-order valence-corrected chi connectivity index (χ3v) is 3.08. The van der Waals surface area contributed by atoms with Gasteiger partial charge in [0.25, 0.3) is 0 Å². The zero-order valence-corrected chi connectivity index (χ0v) is 10.8. The Morgan fingerprint density at radius 2 is 2.00 bits per heavy atom. The summed E-state index contributed by atoms with van der Waals surface area (Å²) >= 11 is 0. The van der Waals surface area contributed by atoms with E-state index in [1.807, 2.05) is 37.1 Å². The van der Waals surface area contributed by atoms with Gasteiger partial charge in [0, 0.05) is 18.3 Å². The number of phenolic OH excluding ortho intramolecular Hbond substituents is 1. The van der Waals surface area contributed by atoms with Gasteiger partial charge in [-0.1, -0.05) is 12.1 Å². The van der Waals surface area contributed by atoms with Gasteiger partial charge in [0.2, 0.25) is 0 Å². The van der Waals surface area contributed by atoms with E-state index in [0.717, 1.165) is 30.5 Å². The van der Waals surface area contributed by atoms with Crippen LogP contribution in [-0.4, -0.2) is 28.5 Å². The summed E-state index contributed by atoms with van der Waals surface area (Å²) in [7, 11) is 3.93. The van der Waals surface area contributed by atoms with E-state index in [0.29, 0.717) is 5.75 Å². The summed E-state index contributed by atoms with van der Waals surface area (Å²) in [5, 5.41) is 16.8. The summed E-state index contributed by atoms with van der Waals surface area (Å²) in [4.78, 5) is 0. The number of aromatic nitrogens is 2. The maximum absolute atomic E-state index is 9.32. The Kier molecular flexibility index (Phi) is 3.99. The number of nitrogens with one attached hydrogen (secondary N) is 1. The molecule has 2 N–H and O–H groups in total. The van der Waals surface area contributed by atoms with Gasteiger partial charge >= 0.3 is 0 Å². The molecule has 2 aromatic rings. The predicted octanol–water partition coefficient (Wildman–Crippen LogP) is 1.94. The molecule has 0 aliphatic rings. The van der Waals surface area contributed by atoms with Crippen LogP contribution in [0.15, 0.2) is 30.5 Å². The van der Waals surface area contributed by atoms with Crippen LogP contribution in [0.5, 0.6) is 5.75 Å². The van der Waals surface area contributed by atoms with E-state index in [1.165, 1.54) is 5.69 Å². The number of hydrogen-bond acceptors (Lipinski definition) is 3. The van der Waals surface area contributed by atoms with E-state index in [2.05, 4.69) is 10.4 Å². The lowest BCUT2D eigenvalue weighted by molar-refractivity contribution is 0.475. The van der Waals surface area contributed by atoms with E-state index < -0.39 is 0 Å². The molecule has 96 valence electrons. The van der Waals surface area contributed by atoms with Crippen LogP contribution in [0.25, 0.3) is 11.1 Å². The Morgan fingerprint density at radius 3 is 2.67 bits per heavy atom. The SMILES string of the molecule is CNCCCc1c(-c2ccc(O)cc2)cnn1C. The summed E-state index contributed by atoms with van der Waals surface area (Å²) in [6.07, 6.45) is 3.97. The second-order valence-corrected chi connectivity index (χ2v) is 4.38. The molecule has 0 aliphatic carbocycles. The predicted molar refractivity (Wildman–Crippen MR) is 72.6 cm³/mol. The zero-order chi connectivity index (χ0) is 13.0. The number of phenols is 1. The van der Waals surface area contributed by atoms with Gasteiger partial charge in [-0.2, -0.15) is 5.10 Å². The zero-order valence-electron chi connectivity index (χ0n) is 10.8. The van der Waals surface area contributed by atoms with E-state index in [9.17, 15) is 5.11 Å². The summed E-state index contributed by atoms with van der Waals surface area (Å²) in [6.45, 7) is 1.00. The van der Waals surface area contributed by atoms with E-state index in [-0.39, 0.29) is 0 Å². The van der Waals surface area contributed by atoms with Crippen LogP contribution in [0.2, 0.25) is 0 Å². The molecule has 0 fully saturated rings. The highest BCUT2D eigenvalue weighted by molar-refractivity contribution is 5.66. The van der Waals surface area contributed by atoms with Crippen molar-refractivity contribution in [1.82, 2.24) is 15.1 Å². The fraction of sp³-hybridized carbons (Fsp3) is 0.357. The molecule has 2 rings (SSSR count). The number of hydrogen-bond donors (Lipinski definition) is 2. The van der Waals surface area contributed by atoms with Crippen LogP contribution in [-0.2, 0) is 13.5 Å². The Bertz CT molecular complexity index is 502. The number of nitrogens with zero attached hydrogens (tertiary/aromatic N) is 2. The van der Waals surface area contributed by atoms with E-state index in [1.54, 1.807) is 12.1 Å². The van der Waals surface area contributed by atoms with Crippen molar-refractivity contribution < 1.29 is 5.11 Å². The average Bonchev–Trinajstić information content (AvgIpc) is 2.73. The lowest BCUT2D eigenvalue weighted by Gasteiger charge is -2.06. The average molecular weight is 245 g/mol. The van der Waals surface area contributed by atoms with E-state index in [4.69, 9.17) is 0 Å². The van der Waals surface area contributed by atoms with E-state index >= 15 is 0 Å². The molecule has 0 aliphatic heterocycles. The minimum Gasteiger partial charge on any atom is -0.508 e. The van der Waals surface area contributed by atoms with Crippen LogP contribution in [0.1, 0.15) is 12.1 Å². The molecule has 4 nitrogen and oxygen atoms in total. The normalized spacial score (nSPS) is 10.8. The molecular weight excluding hydrogens is 226 g/mol. The minimum atomic E-state index is 0.291. The van der Waals surface area contributed by atoms with Crippen molar-refractivity contribution in [1.29, 1.82) is 0 Å². The first kappa shape index (κ1) is 12.6. The third kappa shape index (κ3) is 2.71. The quantitative estimate of drug-likeness (QED) is 0.792. The van der Waals surface area contributed by atoms with Crippen LogP contribution in [0.4, 0.5) is 0 Å². The summed E-state index contributed by atoms with van der Waals surface area (Å²) in [6, 6.07) is 7.27. The second kappa shape index (κ2) is 5.69. The van der Waals surface area contributed by atoms with Gasteiger partial charge in [-0.05, 0) is 44.1 Å². The van der Waals surface area contributed by atoms with Crippen molar-refractivity contribution in [2.75, 3.05) is 13.6 Å². The fourth-order valence-corrected chi connectivity index (χ4v) is 2.07. The van der Waals surface area contributed by atoms with Crippen LogP contribution >= 0.6 is 0 Å². The highest BCUT2D eigenvalue weighted by Crippen LogP contribution is 2.25. The highest BCUT2D eigenvalue weighted by atomic mass is 16.3. The lowest BCUT2D eigenvalue weighted by Crippen LogP contribution is -2.10. The molecule has 0 unspecified atom stereocenters. The molecule has 0 atom stereocenters. The third-order valence-electron chi connectivity index (χ3n) is 3.08.